The number of carbonyl (C=O) groups excluding carboxylic acids is 2. The van der Waals surface area contributed by atoms with Crippen molar-refractivity contribution in [2.45, 2.75) is 38.3 Å². The van der Waals surface area contributed by atoms with E-state index in [0.29, 0.717) is 21.7 Å². The summed E-state index contributed by atoms with van der Waals surface area (Å²) < 4.78 is 0. The van der Waals surface area contributed by atoms with Gasteiger partial charge >= 0.3 is 0 Å². The number of pyridine rings is 1. The standard InChI is InChI=1S/C20H23N3O2S/c1-13(24)17-4-5-18(26-17)20(25)22-19-15-6-9-23(10-7-15)16(19)11-14-3-2-8-21-12-14/h2-5,8,12,15-16,19H,6-7,9-11H2,1H3,(H,22,25)/t16-,19+/m1/s1. The summed E-state index contributed by atoms with van der Waals surface area (Å²) in [5.41, 5.74) is 1.21. The van der Waals surface area contributed by atoms with E-state index in [0.717, 1.165) is 32.4 Å². The molecule has 0 radical (unpaired) electrons. The normalized spacial score (nSPS) is 27.3. The van der Waals surface area contributed by atoms with E-state index in [2.05, 4.69) is 21.3 Å². The second-order valence-electron chi connectivity index (χ2n) is 7.23. The molecule has 0 spiro atoms. The second kappa shape index (κ2) is 7.29. The number of ketones is 1. The molecule has 3 saturated heterocycles. The van der Waals surface area contributed by atoms with Crippen molar-refractivity contribution in [2.75, 3.05) is 13.1 Å². The predicted molar refractivity (Wildman–Crippen MR) is 102 cm³/mol. The fraction of sp³-hybridized carbons (Fsp3) is 0.450. The summed E-state index contributed by atoms with van der Waals surface area (Å²) in [6.07, 6.45) is 6.88. The van der Waals surface area contributed by atoms with E-state index in [1.165, 1.54) is 23.8 Å². The number of amides is 1. The first kappa shape index (κ1) is 17.4. The first-order valence-corrected chi connectivity index (χ1v) is 9.98. The molecule has 2 aromatic heterocycles. The van der Waals surface area contributed by atoms with Gasteiger partial charge in [0, 0.05) is 24.5 Å². The van der Waals surface area contributed by atoms with Gasteiger partial charge in [0.15, 0.2) is 5.78 Å². The molecule has 3 aliphatic rings. The van der Waals surface area contributed by atoms with Gasteiger partial charge in [-0.3, -0.25) is 19.5 Å². The zero-order valence-electron chi connectivity index (χ0n) is 14.9. The van der Waals surface area contributed by atoms with Gasteiger partial charge in [0.25, 0.3) is 5.91 Å². The molecule has 136 valence electrons. The molecule has 3 fully saturated rings. The molecule has 6 heteroatoms. The Morgan fingerprint density at radius 3 is 2.65 bits per heavy atom. The van der Waals surface area contributed by atoms with Crippen LogP contribution >= 0.6 is 11.3 Å². The Morgan fingerprint density at radius 1 is 1.23 bits per heavy atom. The summed E-state index contributed by atoms with van der Waals surface area (Å²) in [5, 5.41) is 3.29. The van der Waals surface area contributed by atoms with Gasteiger partial charge in [0.1, 0.15) is 0 Å². The molecule has 1 amide bonds. The van der Waals surface area contributed by atoms with Gasteiger partial charge in [0.05, 0.1) is 9.75 Å². The monoisotopic (exact) mass is 369 g/mol. The van der Waals surface area contributed by atoms with Crippen LogP contribution in [0.1, 0.15) is 44.7 Å². The van der Waals surface area contributed by atoms with Crippen molar-refractivity contribution in [3.8, 4) is 0 Å². The molecule has 3 aliphatic heterocycles. The third-order valence-corrected chi connectivity index (χ3v) is 6.79. The minimum Gasteiger partial charge on any atom is -0.347 e. The van der Waals surface area contributed by atoms with Crippen LogP contribution in [0.3, 0.4) is 0 Å². The molecular weight excluding hydrogens is 346 g/mol. The van der Waals surface area contributed by atoms with Crippen LogP contribution in [-0.4, -0.2) is 46.7 Å². The van der Waals surface area contributed by atoms with Crippen LogP contribution in [0, 0.1) is 5.92 Å². The van der Waals surface area contributed by atoms with E-state index in [-0.39, 0.29) is 17.7 Å². The van der Waals surface area contributed by atoms with Gasteiger partial charge < -0.3 is 5.32 Å². The van der Waals surface area contributed by atoms with Crippen molar-refractivity contribution in [3.63, 3.8) is 0 Å². The third-order valence-electron chi connectivity index (χ3n) is 5.61. The number of aromatic nitrogens is 1. The number of fused-ring (bicyclic) bond motifs is 3. The molecule has 0 saturated carbocycles. The van der Waals surface area contributed by atoms with E-state index in [1.54, 1.807) is 18.3 Å². The Hall–Kier alpha value is -2.05. The van der Waals surface area contributed by atoms with Gasteiger partial charge in [-0.2, -0.15) is 0 Å². The van der Waals surface area contributed by atoms with E-state index < -0.39 is 0 Å². The van der Waals surface area contributed by atoms with Crippen LogP contribution in [0.5, 0.6) is 0 Å². The lowest BCUT2D eigenvalue weighted by Gasteiger charge is -2.51. The highest BCUT2D eigenvalue weighted by Crippen LogP contribution is 2.34. The van der Waals surface area contributed by atoms with Crippen LogP contribution in [-0.2, 0) is 6.42 Å². The number of hydrogen-bond donors (Lipinski definition) is 1. The Morgan fingerprint density at radius 2 is 2.00 bits per heavy atom. The molecule has 2 bridgehead atoms. The predicted octanol–water partition coefficient (Wildman–Crippen LogP) is 2.78. The summed E-state index contributed by atoms with van der Waals surface area (Å²) in [4.78, 5) is 32.3. The highest BCUT2D eigenvalue weighted by molar-refractivity contribution is 7.15. The molecule has 26 heavy (non-hydrogen) atoms. The number of rotatable bonds is 5. The molecule has 5 rings (SSSR count). The number of Topliss-reactive ketones (excluding diaryl/α,β-unsaturated/α-hetero) is 1. The van der Waals surface area contributed by atoms with Crippen molar-refractivity contribution in [1.29, 1.82) is 0 Å². The van der Waals surface area contributed by atoms with Crippen molar-refractivity contribution in [1.82, 2.24) is 15.2 Å². The highest BCUT2D eigenvalue weighted by Gasteiger charge is 2.42. The molecular formula is C20H23N3O2S. The Labute approximate surface area is 157 Å². The molecule has 0 unspecified atom stereocenters. The molecule has 0 aliphatic carbocycles. The Balaban J connectivity index is 1.52. The fourth-order valence-electron chi connectivity index (χ4n) is 4.25. The first-order valence-electron chi connectivity index (χ1n) is 9.16. The molecule has 2 atom stereocenters. The molecule has 0 aromatic carbocycles. The van der Waals surface area contributed by atoms with Gasteiger partial charge in [0.2, 0.25) is 0 Å². The van der Waals surface area contributed by atoms with Crippen molar-refractivity contribution in [2.24, 2.45) is 5.92 Å². The van der Waals surface area contributed by atoms with Crippen molar-refractivity contribution in [3.05, 3.63) is 52.0 Å². The number of nitrogens with one attached hydrogen (secondary N) is 1. The van der Waals surface area contributed by atoms with Gasteiger partial charge in [-0.25, -0.2) is 0 Å². The van der Waals surface area contributed by atoms with Crippen LogP contribution in [0.15, 0.2) is 36.7 Å². The maximum absolute atomic E-state index is 12.8. The minimum atomic E-state index is -0.0579. The SMILES string of the molecule is CC(=O)c1ccc(C(=O)N[C@H]2C3CCN(CC3)[C@@H]2Cc2cccnc2)s1. The van der Waals surface area contributed by atoms with Gasteiger partial charge in [-0.05, 0) is 69.0 Å². The van der Waals surface area contributed by atoms with Crippen LogP contribution in [0.25, 0.3) is 0 Å². The summed E-state index contributed by atoms with van der Waals surface area (Å²) in [6, 6.07) is 8.03. The Kier molecular flexibility index (Phi) is 4.87. The first-order chi connectivity index (χ1) is 12.6. The van der Waals surface area contributed by atoms with Crippen LogP contribution in [0.4, 0.5) is 0 Å². The maximum atomic E-state index is 12.8. The van der Waals surface area contributed by atoms with Crippen LogP contribution < -0.4 is 5.32 Å². The van der Waals surface area contributed by atoms with Crippen molar-refractivity contribution < 1.29 is 9.59 Å². The fourth-order valence-corrected chi connectivity index (χ4v) is 5.06. The smallest absolute Gasteiger partial charge is 0.261 e. The topological polar surface area (TPSA) is 62.3 Å². The summed E-state index contributed by atoms with van der Waals surface area (Å²) in [7, 11) is 0. The van der Waals surface area contributed by atoms with Crippen molar-refractivity contribution >= 4 is 23.0 Å². The zero-order chi connectivity index (χ0) is 18.1. The lowest BCUT2D eigenvalue weighted by molar-refractivity contribution is 0.0137. The molecule has 2 aromatic rings. The summed E-state index contributed by atoms with van der Waals surface area (Å²) in [6.45, 7) is 3.75. The minimum absolute atomic E-state index is 0.00587. The summed E-state index contributed by atoms with van der Waals surface area (Å²) in [5.74, 6) is 0.474. The number of piperidine rings is 3. The number of nitrogens with zero attached hydrogens (tertiary/aromatic N) is 2. The quantitative estimate of drug-likeness (QED) is 0.823. The molecule has 5 nitrogen and oxygen atoms in total. The van der Waals surface area contributed by atoms with Gasteiger partial charge in [-0.1, -0.05) is 6.07 Å². The largest absolute Gasteiger partial charge is 0.347 e. The second-order valence-corrected chi connectivity index (χ2v) is 8.31. The Bertz CT molecular complexity index is 796. The summed E-state index contributed by atoms with van der Waals surface area (Å²) >= 11 is 1.28. The van der Waals surface area contributed by atoms with Crippen LogP contribution in [0.2, 0.25) is 0 Å². The van der Waals surface area contributed by atoms with E-state index in [1.807, 2.05) is 12.3 Å². The highest BCUT2D eigenvalue weighted by atomic mass is 32.1. The third kappa shape index (κ3) is 3.44. The van der Waals surface area contributed by atoms with E-state index in [4.69, 9.17) is 0 Å². The average Bonchev–Trinajstić information content (AvgIpc) is 3.16. The number of carbonyl (C=O) groups is 2. The lowest BCUT2D eigenvalue weighted by atomic mass is 9.77. The maximum Gasteiger partial charge on any atom is 0.261 e. The average molecular weight is 369 g/mol. The molecule has 1 N–H and O–H groups in total. The molecule has 5 heterocycles. The zero-order valence-corrected chi connectivity index (χ0v) is 15.7. The number of hydrogen-bond acceptors (Lipinski definition) is 5. The van der Waals surface area contributed by atoms with E-state index >= 15 is 0 Å². The van der Waals surface area contributed by atoms with E-state index in [9.17, 15) is 9.59 Å². The lowest BCUT2D eigenvalue weighted by Crippen LogP contribution is -2.64. The van der Waals surface area contributed by atoms with Gasteiger partial charge in [-0.15, -0.1) is 11.3 Å². The number of thiophene rings is 1.